The minimum atomic E-state index is -1.11. The molecule has 1 aliphatic rings. The average molecular weight is 242 g/mol. The van der Waals surface area contributed by atoms with Crippen molar-refractivity contribution in [3.05, 3.63) is 58.9 Å². The number of halogens is 1. The molecule has 0 aliphatic heterocycles. The van der Waals surface area contributed by atoms with E-state index in [9.17, 15) is 14.0 Å². The van der Waals surface area contributed by atoms with Crippen molar-refractivity contribution in [2.75, 3.05) is 0 Å². The highest BCUT2D eigenvalue weighted by atomic mass is 19.1. The van der Waals surface area contributed by atoms with Crippen LogP contribution in [0, 0.1) is 5.82 Å². The van der Waals surface area contributed by atoms with Gasteiger partial charge in [0, 0.05) is 16.7 Å². The molecule has 0 unspecified atom stereocenters. The normalized spacial score (nSPS) is 12.2. The maximum atomic E-state index is 13.7. The first-order valence-corrected chi connectivity index (χ1v) is 5.30. The summed E-state index contributed by atoms with van der Waals surface area (Å²) in [6, 6.07) is 8.44. The van der Waals surface area contributed by atoms with Gasteiger partial charge in [-0.1, -0.05) is 18.2 Å². The topological polar surface area (TPSA) is 54.4 Å². The molecule has 1 aliphatic carbocycles. The van der Waals surface area contributed by atoms with Gasteiger partial charge in [-0.2, -0.15) is 0 Å². The third kappa shape index (κ3) is 1.29. The molecular weight excluding hydrogens is 235 g/mol. The first kappa shape index (κ1) is 10.7. The maximum Gasteiger partial charge on any atom is 0.335 e. The molecule has 0 saturated carbocycles. The second-order valence-electron chi connectivity index (χ2n) is 4.06. The molecule has 4 heteroatoms. The van der Waals surface area contributed by atoms with Gasteiger partial charge in [0.05, 0.1) is 5.56 Å². The average Bonchev–Trinajstić information content (AvgIpc) is 2.64. The molecule has 18 heavy (non-hydrogen) atoms. The van der Waals surface area contributed by atoms with Crippen LogP contribution in [0.25, 0.3) is 11.1 Å². The SMILES string of the molecule is O=C(O)c1ccc2c(c1)C(=O)c1cccc(F)c1-2. The molecule has 3 nitrogen and oxygen atoms in total. The summed E-state index contributed by atoms with van der Waals surface area (Å²) < 4.78 is 13.7. The summed E-state index contributed by atoms with van der Waals surface area (Å²) in [5.41, 5.74) is 1.27. The van der Waals surface area contributed by atoms with Crippen LogP contribution in [-0.2, 0) is 0 Å². The van der Waals surface area contributed by atoms with E-state index in [1.54, 1.807) is 6.07 Å². The molecule has 88 valence electrons. The van der Waals surface area contributed by atoms with Gasteiger partial charge in [0.15, 0.2) is 5.78 Å². The van der Waals surface area contributed by atoms with Crippen LogP contribution in [0.5, 0.6) is 0 Å². The van der Waals surface area contributed by atoms with Crippen molar-refractivity contribution in [1.29, 1.82) is 0 Å². The first-order valence-electron chi connectivity index (χ1n) is 5.30. The number of rotatable bonds is 1. The predicted molar refractivity (Wildman–Crippen MR) is 62.2 cm³/mol. The number of carbonyl (C=O) groups excluding carboxylic acids is 1. The zero-order chi connectivity index (χ0) is 12.9. The van der Waals surface area contributed by atoms with E-state index < -0.39 is 11.8 Å². The van der Waals surface area contributed by atoms with Crippen LogP contribution in [0.2, 0.25) is 0 Å². The third-order valence-electron chi connectivity index (χ3n) is 3.04. The van der Waals surface area contributed by atoms with Gasteiger partial charge in [-0.15, -0.1) is 0 Å². The maximum absolute atomic E-state index is 13.7. The molecule has 2 aromatic rings. The highest BCUT2D eigenvalue weighted by Gasteiger charge is 2.29. The van der Waals surface area contributed by atoms with E-state index in [1.165, 1.54) is 30.3 Å². The quantitative estimate of drug-likeness (QED) is 0.713. The Morgan fingerprint density at radius 3 is 2.56 bits per heavy atom. The molecule has 0 amide bonds. The molecule has 0 saturated heterocycles. The molecule has 0 radical (unpaired) electrons. The number of benzene rings is 2. The van der Waals surface area contributed by atoms with Crippen LogP contribution < -0.4 is 0 Å². The van der Waals surface area contributed by atoms with E-state index >= 15 is 0 Å². The second-order valence-corrected chi connectivity index (χ2v) is 4.06. The third-order valence-corrected chi connectivity index (χ3v) is 3.04. The number of ketones is 1. The first-order chi connectivity index (χ1) is 8.59. The molecule has 1 N–H and O–H groups in total. The number of fused-ring (bicyclic) bond motifs is 3. The molecule has 0 fully saturated rings. The minimum Gasteiger partial charge on any atom is -0.478 e. The molecule has 0 heterocycles. The van der Waals surface area contributed by atoms with E-state index in [-0.39, 0.29) is 28.0 Å². The van der Waals surface area contributed by atoms with Gasteiger partial charge in [0.2, 0.25) is 0 Å². The van der Waals surface area contributed by atoms with Gasteiger partial charge in [-0.25, -0.2) is 9.18 Å². The van der Waals surface area contributed by atoms with E-state index in [4.69, 9.17) is 5.11 Å². The summed E-state index contributed by atoms with van der Waals surface area (Å²) in [5.74, 6) is -1.91. The predicted octanol–water partition coefficient (Wildman–Crippen LogP) is 2.74. The lowest BCUT2D eigenvalue weighted by atomic mass is 10.0. The lowest BCUT2D eigenvalue weighted by Crippen LogP contribution is -2.00. The largest absolute Gasteiger partial charge is 0.478 e. The number of hydrogen-bond donors (Lipinski definition) is 1. The lowest BCUT2D eigenvalue weighted by Gasteiger charge is -2.01. The van der Waals surface area contributed by atoms with Crippen molar-refractivity contribution in [3.63, 3.8) is 0 Å². The van der Waals surface area contributed by atoms with Gasteiger partial charge < -0.3 is 5.11 Å². The fourth-order valence-electron chi connectivity index (χ4n) is 2.22. The van der Waals surface area contributed by atoms with Crippen molar-refractivity contribution in [2.24, 2.45) is 0 Å². The zero-order valence-electron chi connectivity index (χ0n) is 9.11. The van der Waals surface area contributed by atoms with Crippen LogP contribution in [-0.4, -0.2) is 16.9 Å². The Labute approximate surface area is 101 Å². The van der Waals surface area contributed by atoms with Crippen LogP contribution in [0.3, 0.4) is 0 Å². The number of carboxylic acids is 1. The number of aromatic carboxylic acids is 1. The number of carbonyl (C=O) groups is 2. The minimum absolute atomic E-state index is 0.0234. The summed E-state index contributed by atoms with van der Waals surface area (Å²) in [4.78, 5) is 22.9. The monoisotopic (exact) mass is 242 g/mol. The summed E-state index contributed by atoms with van der Waals surface area (Å²) in [7, 11) is 0. The molecule has 2 aromatic carbocycles. The Kier molecular flexibility index (Phi) is 2.07. The zero-order valence-corrected chi connectivity index (χ0v) is 9.11. The number of carboxylic acid groups (broad SMARTS) is 1. The van der Waals surface area contributed by atoms with Crippen LogP contribution >= 0.6 is 0 Å². The molecular formula is C14H7FO3. The van der Waals surface area contributed by atoms with E-state index in [0.717, 1.165) is 0 Å². The Bertz CT molecular complexity index is 704. The Balaban J connectivity index is 2.31. The fourth-order valence-corrected chi connectivity index (χ4v) is 2.22. The Morgan fingerprint density at radius 2 is 1.83 bits per heavy atom. The highest BCUT2D eigenvalue weighted by molar-refractivity contribution is 6.22. The molecule has 0 spiro atoms. The van der Waals surface area contributed by atoms with Crippen molar-refractivity contribution in [2.45, 2.75) is 0 Å². The standard InChI is InChI=1S/C14H7FO3/c15-11-3-1-2-9-12(11)8-5-4-7(14(17)18)6-10(8)13(9)16/h1-6H,(H,17,18). The van der Waals surface area contributed by atoms with Gasteiger partial charge in [0.1, 0.15) is 5.82 Å². The second kappa shape index (κ2) is 3.50. The van der Waals surface area contributed by atoms with Gasteiger partial charge in [0.25, 0.3) is 0 Å². The van der Waals surface area contributed by atoms with Gasteiger partial charge in [-0.3, -0.25) is 4.79 Å². The molecule has 0 bridgehead atoms. The van der Waals surface area contributed by atoms with Crippen LogP contribution in [0.1, 0.15) is 26.3 Å². The van der Waals surface area contributed by atoms with Crippen LogP contribution in [0.15, 0.2) is 36.4 Å². The van der Waals surface area contributed by atoms with E-state index in [2.05, 4.69) is 0 Å². The fraction of sp³-hybridized carbons (Fsp3) is 0. The van der Waals surface area contributed by atoms with E-state index in [1.807, 2.05) is 0 Å². The molecule has 0 aromatic heterocycles. The van der Waals surface area contributed by atoms with Gasteiger partial charge in [-0.05, 0) is 23.8 Å². The van der Waals surface area contributed by atoms with E-state index in [0.29, 0.717) is 5.56 Å². The Morgan fingerprint density at radius 1 is 1.06 bits per heavy atom. The summed E-state index contributed by atoms with van der Waals surface area (Å²) in [6.07, 6.45) is 0. The van der Waals surface area contributed by atoms with Crippen molar-refractivity contribution in [3.8, 4) is 11.1 Å². The van der Waals surface area contributed by atoms with Crippen molar-refractivity contribution < 1.29 is 19.1 Å². The van der Waals surface area contributed by atoms with Crippen LogP contribution in [0.4, 0.5) is 4.39 Å². The number of hydrogen-bond acceptors (Lipinski definition) is 2. The molecule has 0 atom stereocenters. The highest BCUT2D eigenvalue weighted by Crippen LogP contribution is 2.38. The molecule has 3 rings (SSSR count). The smallest absolute Gasteiger partial charge is 0.335 e. The van der Waals surface area contributed by atoms with Crippen molar-refractivity contribution >= 4 is 11.8 Å². The lowest BCUT2D eigenvalue weighted by molar-refractivity contribution is 0.0697. The summed E-state index contributed by atoms with van der Waals surface area (Å²) >= 11 is 0. The van der Waals surface area contributed by atoms with Crippen molar-refractivity contribution in [1.82, 2.24) is 0 Å². The van der Waals surface area contributed by atoms with Gasteiger partial charge >= 0.3 is 5.97 Å². The summed E-state index contributed by atoms with van der Waals surface area (Å²) in [6.45, 7) is 0. The Hall–Kier alpha value is -2.49. The summed E-state index contributed by atoms with van der Waals surface area (Å²) in [5, 5.41) is 8.89.